The van der Waals surface area contributed by atoms with Gasteiger partial charge >= 0.3 is 6.18 Å². The molecule has 0 bridgehead atoms. The fourth-order valence-corrected chi connectivity index (χ4v) is 3.22. The fourth-order valence-electron chi connectivity index (χ4n) is 2.86. The van der Waals surface area contributed by atoms with Gasteiger partial charge in [0.2, 0.25) is 0 Å². The molecule has 0 aromatic carbocycles. The molecule has 1 atom stereocenters. The Morgan fingerprint density at radius 1 is 1.03 bits per heavy atom. The van der Waals surface area contributed by atoms with Gasteiger partial charge in [-0.15, -0.1) is 0 Å². The van der Waals surface area contributed by atoms with E-state index in [1.165, 1.54) is 18.3 Å². The van der Waals surface area contributed by atoms with Gasteiger partial charge in [-0.25, -0.2) is 4.39 Å². The van der Waals surface area contributed by atoms with Gasteiger partial charge in [-0.1, -0.05) is 17.7 Å². The molecule has 0 fully saturated rings. The van der Waals surface area contributed by atoms with Crippen LogP contribution in [0.15, 0.2) is 48.9 Å². The molecule has 5 nitrogen and oxygen atoms in total. The van der Waals surface area contributed by atoms with Gasteiger partial charge in [-0.2, -0.15) is 13.2 Å². The number of halogens is 5. The summed E-state index contributed by atoms with van der Waals surface area (Å²) >= 11 is 6.22. The van der Waals surface area contributed by atoms with E-state index in [-0.39, 0.29) is 10.7 Å². The molecule has 0 saturated carbocycles. The predicted molar refractivity (Wildman–Crippen MR) is 107 cm³/mol. The topological polar surface area (TPSA) is 67.8 Å². The summed E-state index contributed by atoms with van der Waals surface area (Å²) in [5.41, 5.74) is -2.26. The summed E-state index contributed by atoms with van der Waals surface area (Å²) in [5, 5.41) is 2.18. The number of carbonyl (C=O) groups excluding carboxylic acids is 1. The third-order valence-corrected chi connectivity index (χ3v) is 4.77. The quantitative estimate of drug-likeness (QED) is 0.545. The number of hydrogen-bond acceptors (Lipinski definition) is 4. The van der Waals surface area contributed by atoms with Crippen LogP contribution in [0.5, 0.6) is 0 Å². The van der Waals surface area contributed by atoms with Crippen molar-refractivity contribution < 1.29 is 22.4 Å². The minimum atomic E-state index is -4.82. The number of nitrogens with zero attached hydrogens (tertiary/aromatic N) is 3. The van der Waals surface area contributed by atoms with Crippen LogP contribution in [0.4, 0.5) is 17.6 Å². The van der Waals surface area contributed by atoms with Crippen LogP contribution in [0.25, 0.3) is 11.1 Å². The summed E-state index contributed by atoms with van der Waals surface area (Å²) < 4.78 is 54.4. The number of pyridine rings is 3. The van der Waals surface area contributed by atoms with Crippen molar-refractivity contribution >= 4 is 17.5 Å². The minimum absolute atomic E-state index is 0.00897. The van der Waals surface area contributed by atoms with Gasteiger partial charge < -0.3 is 5.32 Å². The van der Waals surface area contributed by atoms with E-state index in [1.54, 1.807) is 12.3 Å². The Kier molecular flexibility index (Phi) is 6.26. The highest BCUT2D eigenvalue weighted by molar-refractivity contribution is 6.31. The number of aryl methyl sites for hydroxylation is 1. The molecule has 1 amide bonds. The second kappa shape index (κ2) is 8.58. The van der Waals surface area contributed by atoms with E-state index >= 15 is 4.39 Å². The van der Waals surface area contributed by atoms with Crippen molar-refractivity contribution in [3.63, 3.8) is 0 Å². The Morgan fingerprint density at radius 3 is 2.35 bits per heavy atom. The molecule has 162 valence electrons. The predicted octanol–water partition coefficient (Wildman–Crippen LogP) is 5.13. The highest BCUT2D eigenvalue weighted by atomic mass is 35.5. The SMILES string of the molecule is Cc1ccc(-c2cnc(C(C)(F)CNC(=O)c3cccnc3C(F)(F)F)c(Cl)c2)cn1. The zero-order chi connectivity index (χ0) is 22.8. The number of amides is 1. The fraction of sp³-hybridized carbons (Fsp3) is 0.238. The number of hydrogen-bond donors (Lipinski definition) is 1. The van der Waals surface area contributed by atoms with E-state index in [1.807, 2.05) is 13.0 Å². The summed E-state index contributed by atoms with van der Waals surface area (Å²) in [6.45, 7) is 2.32. The van der Waals surface area contributed by atoms with Crippen molar-refractivity contribution in [1.82, 2.24) is 20.3 Å². The van der Waals surface area contributed by atoms with Crippen LogP contribution in [0, 0.1) is 6.92 Å². The van der Waals surface area contributed by atoms with Crippen LogP contribution < -0.4 is 5.32 Å². The maximum absolute atomic E-state index is 15.3. The molecule has 31 heavy (non-hydrogen) atoms. The monoisotopic (exact) mass is 452 g/mol. The molecule has 0 saturated heterocycles. The average Bonchev–Trinajstić information content (AvgIpc) is 2.71. The zero-order valence-electron chi connectivity index (χ0n) is 16.5. The molecule has 3 rings (SSSR count). The molecule has 3 heterocycles. The van der Waals surface area contributed by atoms with E-state index in [0.717, 1.165) is 30.4 Å². The maximum Gasteiger partial charge on any atom is 0.434 e. The van der Waals surface area contributed by atoms with Gasteiger partial charge in [-0.05, 0) is 38.1 Å². The number of alkyl halides is 4. The molecule has 10 heteroatoms. The van der Waals surface area contributed by atoms with Gasteiger partial charge in [0.15, 0.2) is 11.4 Å². The standard InChI is InChI=1S/C21H17ClF4N4O/c1-12-5-6-13(9-28-12)14-8-16(22)18(29-10-14)20(2,23)11-30-19(31)15-4-3-7-27-17(15)21(24,25)26/h3-10H,11H2,1-2H3,(H,30,31). The summed E-state index contributed by atoms with van der Waals surface area (Å²) in [6, 6.07) is 7.29. The third-order valence-electron chi connectivity index (χ3n) is 4.48. The number of nitrogens with one attached hydrogen (secondary N) is 1. The molecule has 0 aliphatic carbocycles. The van der Waals surface area contributed by atoms with Crippen molar-refractivity contribution in [1.29, 1.82) is 0 Å². The van der Waals surface area contributed by atoms with E-state index in [2.05, 4.69) is 20.3 Å². The molecule has 0 aliphatic rings. The van der Waals surface area contributed by atoms with Gasteiger partial charge in [-0.3, -0.25) is 19.7 Å². The lowest BCUT2D eigenvalue weighted by molar-refractivity contribution is -0.141. The van der Waals surface area contributed by atoms with Crippen molar-refractivity contribution in [3.8, 4) is 11.1 Å². The van der Waals surface area contributed by atoms with E-state index < -0.39 is 35.6 Å². The molecule has 1 N–H and O–H groups in total. The van der Waals surface area contributed by atoms with Gasteiger partial charge in [0.25, 0.3) is 5.91 Å². The highest BCUT2D eigenvalue weighted by Gasteiger charge is 2.38. The Labute approximate surface area is 180 Å². The number of carbonyl (C=O) groups is 1. The van der Waals surface area contributed by atoms with E-state index in [4.69, 9.17) is 11.6 Å². The van der Waals surface area contributed by atoms with E-state index in [9.17, 15) is 18.0 Å². The molecular formula is C21H17ClF4N4O. The summed E-state index contributed by atoms with van der Waals surface area (Å²) in [5.74, 6) is -1.11. The molecule has 3 aromatic heterocycles. The van der Waals surface area contributed by atoms with Crippen LogP contribution >= 0.6 is 11.6 Å². The lowest BCUT2D eigenvalue weighted by Crippen LogP contribution is -2.37. The van der Waals surface area contributed by atoms with Gasteiger partial charge in [0.1, 0.15) is 0 Å². The lowest BCUT2D eigenvalue weighted by Gasteiger charge is -2.22. The van der Waals surface area contributed by atoms with Gasteiger partial charge in [0, 0.05) is 35.4 Å². The first-order chi connectivity index (χ1) is 14.5. The average molecular weight is 453 g/mol. The van der Waals surface area contributed by atoms with Crippen LogP contribution in [-0.4, -0.2) is 27.4 Å². The van der Waals surface area contributed by atoms with Crippen LogP contribution in [0.1, 0.15) is 34.4 Å². The zero-order valence-corrected chi connectivity index (χ0v) is 17.2. The van der Waals surface area contributed by atoms with Crippen molar-refractivity contribution in [3.05, 3.63) is 76.6 Å². The minimum Gasteiger partial charge on any atom is -0.348 e. The number of rotatable bonds is 5. The Balaban J connectivity index is 1.78. The molecule has 3 aromatic rings. The van der Waals surface area contributed by atoms with Crippen LogP contribution in [0.2, 0.25) is 5.02 Å². The first-order valence-electron chi connectivity index (χ1n) is 9.07. The molecule has 1 unspecified atom stereocenters. The third kappa shape index (κ3) is 5.16. The van der Waals surface area contributed by atoms with Crippen molar-refractivity contribution in [2.45, 2.75) is 25.7 Å². The van der Waals surface area contributed by atoms with Crippen LogP contribution in [0.3, 0.4) is 0 Å². The van der Waals surface area contributed by atoms with Crippen LogP contribution in [-0.2, 0) is 11.8 Å². The van der Waals surface area contributed by atoms with Crippen molar-refractivity contribution in [2.24, 2.45) is 0 Å². The van der Waals surface area contributed by atoms with Gasteiger partial charge in [0.05, 0.1) is 22.8 Å². The second-order valence-corrected chi connectivity index (χ2v) is 7.43. The Morgan fingerprint density at radius 2 is 1.74 bits per heavy atom. The summed E-state index contributed by atoms with van der Waals surface area (Å²) in [7, 11) is 0. The number of aromatic nitrogens is 3. The Bertz CT molecular complexity index is 1100. The highest BCUT2D eigenvalue weighted by Crippen LogP contribution is 2.33. The smallest absolute Gasteiger partial charge is 0.348 e. The normalized spacial score (nSPS) is 13.5. The lowest BCUT2D eigenvalue weighted by atomic mass is 10.0. The largest absolute Gasteiger partial charge is 0.434 e. The summed E-state index contributed by atoms with van der Waals surface area (Å²) in [6.07, 6.45) is -0.856. The first-order valence-corrected chi connectivity index (χ1v) is 9.45. The Hall–Kier alpha value is -3.07. The molecule has 0 spiro atoms. The first kappa shape index (κ1) is 22.6. The van der Waals surface area contributed by atoms with Crippen molar-refractivity contribution in [2.75, 3.05) is 6.54 Å². The summed E-state index contributed by atoms with van der Waals surface area (Å²) in [4.78, 5) is 23.7. The van der Waals surface area contributed by atoms with E-state index in [0.29, 0.717) is 5.56 Å². The molecular weight excluding hydrogens is 436 g/mol. The molecule has 0 radical (unpaired) electrons. The maximum atomic E-state index is 15.3. The second-order valence-electron chi connectivity index (χ2n) is 7.02. The molecule has 0 aliphatic heterocycles.